The van der Waals surface area contributed by atoms with E-state index in [2.05, 4.69) is 57.2 Å². The molecule has 0 N–H and O–H groups in total. The lowest BCUT2D eigenvalue weighted by atomic mass is 10.0. The number of thioether (sulfide) groups is 1. The number of hydrogen-bond donors (Lipinski definition) is 0. The quantitative estimate of drug-likeness (QED) is 0.184. The summed E-state index contributed by atoms with van der Waals surface area (Å²) in [7, 11) is 0. The van der Waals surface area contributed by atoms with Crippen LogP contribution in [-0.4, -0.2) is 46.1 Å². The number of halogens is 1. The number of carbonyl (C=O) groups is 1. The highest BCUT2D eigenvalue weighted by Gasteiger charge is 2.23. The van der Waals surface area contributed by atoms with Crippen molar-refractivity contribution in [1.82, 2.24) is 14.5 Å². The molecular weight excluding hydrogens is 489 g/mol. The molecule has 0 radical (unpaired) electrons. The van der Waals surface area contributed by atoms with E-state index in [-0.39, 0.29) is 5.97 Å². The van der Waals surface area contributed by atoms with E-state index in [0.29, 0.717) is 35.9 Å². The Kier molecular flexibility index (Phi) is 8.40. The first-order chi connectivity index (χ1) is 13.6. The summed E-state index contributed by atoms with van der Waals surface area (Å²) in [4.78, 5) is 21.2. The van der Waals surface area contributed by atoms with Gasteiger partial charge in [0.05, 0.1) is 47.6 Å². The highest BCUT2D eigenvalue weighted by molar-refractivity contribution is 14.1. The number of ether oxygens (including phenoxy) is 2. The number of unbranched alkanes of at least 4 members (excludes halogenated alkanes) is 1. The highest BCUT2D eigenvalue weighted by Crippen LogP contribution is 2.29. The Morgan fingerprint density at radius 3 is 2.96 bits per heavy atom. The van der Waals surface area contributed by atoms with Gasteiger partial charge in [-0.25, -0.2) is 9.97 Å². The molecule has 3 heterocycles. The van der Waals surface area contributed by atoms with Crippen LogP contribution < -0.4 is 0 Å². The number of carbonyl (C=O) groups excluding carboxylic acids is 1. The maximum atomic E-state index is 12.0. The Morgan fingerprint density at radius 2 is 2.29 bits per heavy atom. The van der Waals surface area contributed by atoms with Gasteiger partial charge in [0.1, 0.15) is 5.52 Å². The lowest BCUT2D eigenvalue weighted by molar-refractivity contribution is -0.144. The summed E-state index contributed by atoms with van der Waals surface area (Å²) in [5.41, 5.74) is 2.01. The van der Waals surface area contributed by atoms with Gasteiger partial charge in [-0.1, -0.05) is 44.9 Å². The Bertz CT molecular complexity index is 794. The SMILES string of the molecule is CCCCC(CC)COC(=O)CCSc1ncc2c(n1)c(I)cn2C1COC1. The van der Waals surface area contributed by atoms with E-state index in [0.717, 1.165) is 40.7 Å². The molecule has 0 saturated carbocycles. The van der Waals surface area contributed by atoms with Gasteiger partial charge in [-0.3, -0.25) is 4.79 Å². The Balaban J connectivity index is 1.47. The minimum absolute atomic E-state index is 0.130. The van der Waals surface area contributed by atoms with Crippen LogP contribution in [0.3, 0.4) is 0 Å². The van der Waals surface area contributed by atoms with E-state index < -0.39 is 0 Å². The van der Waals surface area contributed by atoms with Crippen LogP contribution in [0.5, 0.6) is 0 Å². The largest absolute Gasteiger partial charge is 0.465 e. The minimum Gasteiger partial charge on any atom is -0.465 e. The minimum atomic E-state index is -0.130. The first-order valence-corrected chi connectivity index (χ1v) is 12.1. The van der Waals surface area contributed by atoms with Gasteiger partial charge in [-0.05, 0) is 34.9 Å². The molecule has 1 fully saturated rings. The fraction of sp³-hybridized carbons (Fsp3) is 0.650. The van der Waals surface area contributed by atoms with Crippen molar-refractivity contribution in [1.29, 1.82) is 0 Å². The number of hydrogen-bond acceptors (Lipinski definition) is 6. The zero-order valence-electron chi connectivity index (χ0n) is 16.5. The van der Waals surface area contributed by atoms with E-state index in [1.807, 2.05) is 6.20 Å². The molecule has 28 heavy (non-hydrogen) atoms. The fourth-order valence-electron chi connectivity index (χ4n) is 3.14. The topological polar surface area (TPSA) is 66.2 Å². The average Bonchev–Trinajstić information content (AvgIpc) is 2.96. The van der Waals surface area contributed by atoms with Crippen LogP contribution >= 0.6 is 34.4 Å². The lowest BCUT2D eigenvalue weighted by Crippen LogP contribution is -2.30. The summed E-state index contributed by atoms with van der Waals surface area (Å²) in [6.07, 6.45) is 8.94. The van der Waals surface area contributed by atoms with Crippen LogP contribution in [-0.2, 0) is 14.3 Å². The van der Waals surface area contributed by atoms with E-state index in [1.54, 1.807) is 0 Å². The second-order valence-electron chi connectivity index (χ2n) is 7.16. The summed E-state index contributed by atoms with van der Waals surface area (Å²) in [5.74, 6) is 0.979. The van der Waals surface area contributed by atoms with Crippen molar-refractivity contribution in [2.24, 2.45) is 5.92 Å². The summed E-state index contributed by atoms with van der Waals surface area (Å²) in [6.45, 7) is 6.38. The van der Waals surface area contributed by atoms with Gasteiger partial charge in [0, 0.05) is 11.9 Å². The first-order valence-electron chi connectivity index (χ1n) is 10.0. The molecule has 0 spiro atoms. The number of rotatable bonds is 11. The van der Waals surface area contributed by atoms with Crippen LogP contribution in [0.2, 0.25) is 0 Å². The van der Waals surface area contributed by atoms with Gasteiger partial charge in [-0.15, -0.1) is 0 Å². The zero-order valence-corrected chi connectivity index (χ0v) is 19.5. The van der Waals surface area contributed by atoms with Gasteiger partial charge >= 0.3 is 5.97 Å². The average molecular weight is 517 g/mol. The van der Waals surface area contributed by atoms with Crippen molar-refractivity contribution in [2.45, 2.75) is 57.1 Å². The molecule has 6 nitrogen and oxygen atoms in total. The van der Waals surface area contributed by atoms with E-state index in [1.165, 1.54) is 24.6 Å². The van der Waals surface area contributed by atoms with Crippen LogP contribution in [0, 0.1) is 9.49 Å². The van der Waals surface area contributed by atoms with Gasteiger partial charge in [0.15, 0.2) is 5.16 Å². The fourth-order valence-corrected chi connectivity index (χ4v) is 4.57. The van der Waals surface area contributed by atoms with Crippen LogP contribution in [0.4, 0.5) is 0 Å². The Hall–Kier alpha value is -0.870. The predicted octanol–water partition coefficient (Wildman–Crippen LogP) is 4.85. The standard InChI is InChI=1S/C20H28IN3O3S/c1-3-5-6-14(4-2)11-27-18(25)7-8-28-20-22-9-17-19(23-20)16(21)10-24(17)15-12-26-13-15/h9-10,14-15H,3-8,11-13H2,1-2H3. The number of aromatic nitrogens is 3. The summed E-state index contributed by atoms with van der Waals surface area (Å²) in [5, 5.41) is 0.704. The third kappa shape index (κ3) is 5.60. The van der Waals surface area contributed by atoms with E-state index in [4.69, 9.17) is 9.47 Å². The summed E-state index contributed by atoms with van der Waals surface area (Å²) in [6, 6.07) is 0.382. The highest BCUT2D eigenvalue weighted by atomic mass is 127. The first kappa shape index (κ1) is 21.8. The van der Waals surface area contributed by atoms with Crippen molar-refractivity contribution in [3.05, 3.63) is 16.0 Å². The second kappa shape index (κ2) is 10.8. The van der Waals surface area contributed by atoms with E-state index in [9.17, 15) is 4.79 Å². The molecule has 2 aromatic rings. The monoisotopic (exact) mass is 517 g/mol. The molecule has 1 aliphatic rings. The van der Waals surface area contributed by atoms with Gasteiger partial charge < -0.3 is 14.0 Å². The third-order valence-corrected chi connectivity index (χ3v) is 6.73. The molecule has 3 rings (SSSR count). The summed E-state index contributed by atoms with van der Waals surface area (Å²) >= 11 is 3.82. The molecule has 154 valence electrons. The molecule has 1 unspecified atom stereocenters. The predicted molar refractivity (Wildman–Crippen MR) is 120 cm³/mol. The molecular formula is C20H28IN3O3S. The van der Waals surface area contributed by atoms with Crippen LogP contribution in [0.1, 0.15) is 52.0 Å². The lowest BCUT2D eigenvalue weighted by Gasteiger charge is -2.28. The van der Waals surface area contributed by atoms with E-state index >= 15 is 0 Å². The molecule has 8 heteroatoms. The second-order valence-corrected chi connectivity index (χ2v) is 9.38. The number of nitrogens with zero attached hydrogens (tertiary/aromatic N) is 3. The smallest absolute Gasteiger partial charge is 0.306 e. The molecule has 2 aromatic heterocycles. The maximum absolute atomic E-state index is 12.0. The van der Waals surface area contributed by atoms with Crippen LogP contribution in [0.15, 0.2) is 17.6 Å². The van der Waals surface area contributed by atoms with Crippen molar-refractivity contribution in [3.63, 3.8) is 0 Å². The molecule has 0 aliphatic carbocycles. The molecule has 0 bridgehead atoms. The molecule has 0 aromatic carbocycles. The summed E-state index contributed by atoms with van der Waals surface area (Å²) < 4.78 is 14.1. The van der Waals surface area contributed by atoms with Crippen molar-refractivity contribution in [3.8, 4) is 0 Å². The van der Waals surface area contributed by atoms with Crippen molar-refractivity contribution in [2.75, 3.05) is 25.6 Å². The maximum Gasteiger partial charge on any atom is 0.306 e. The molecule has 1 atom stereocenters. The van der Waals surface area contributed by atoms with Crippen LogP contribution in [0.25, 0.3) is 11.0 Å². The van der Waals surface area contributed by atoms with Gasteiger partial charge in [-0.2, -0.15) is 0 Å². The normalized spacial score (nSPS) is 15.5. The Morgan fingerprint density at radius 1 is 1.46 bits per heavy atom. The van der Waals surface area contributed by atoms with Gasteiger partial charge in [0.2, 0.25) is 0 Å². The third-order valence-electron chi connectivity index (χ3n) is 5.08. The van der Waals surface area contributed by atoms with Crippen molar-refractivity contribution >= 4 is 51.4 Å². The van der Waals surface area contributed by atoms with Gasteiger partial charge in [0.25, 0.3) is 0 Å². The van der Waals surface area contributed by atoms with Crippen molar-refractivity contribution < 1.29 is 14.3 Å². The molecule has 1 saturated heterocycles. The number of esters is 1. The zero-order chi connectivity index (χ0) is 19.9. The molecule has 1 aliphatic heterocycles. The Labute approximate surface area is 184 Å². The molecule has 0 amide bonds. The number of fused-ring (bicyclic) bond motifs is 1.